The third kappa shape index (κ3) is 3.48. The molecule has 4 aromatic rings. The van der Waals surface area contributed by atoms with Crippen LogP contribution in [0.15, 0.2) is 42.7 Å². The van der Waals surface area contributed by atoms with Crippen LogP contribution in [0.25, 0.3) is 28.2 Å². The number of fused-ring (bicyclic) bond motifs is 1. The minimum Gasteiger partial charge on any atom is -0.463 e. The fourth-order valence-corrected chi connectivity index (χ4v) is 3.83. The molecule has 0 saturated carbocycles. The van der Waals surface area contributed by atoms with Crippen molar-refractivity contribution in [1.29, 1.82) is 0 Å². The van der Waals surface area contributed by atoms with Gasteiger partial charge < -0.3 is 18.9 Å². The molecular weight excluding hydrogens is 410 g/mol. The van der Waals surface area contributed by atoms with Crippen molar-refractivity contribution in [3.63, 3.8) is 0 Å². The van der Waals surface area contributed by atoms with Crippen LogP contribution in [0.5, 0.6) is 0 Å². The molecule has 0 spiro atoms. The number of nitrogens with zero attached hydrogens (tertiary/aromatic N) is 7. The molecule has 3 aromatic heterocycles. The van der Waals surface area contributed by atoms with E-state index in [1.807, 2.05) is 43.5 Å². The first-order valence-electron chi connectivity index (χ1n) is 10.5. The Morgan fingerprint density at radius 2 is 1.88 bits per heavy atom. The normalized spacial score (nSPS) is 14.1. The Kier molecular flexibility index (Phi) is 5.28. The van der Waals surface area contributed by atoms with Crippen LogP contribution < -0.4 is 4.90 Å². The second-order valence-corrected chi connectivity index (χ2v) is 7.33. The summed E-state index contributed by atoms with van der Waals surface area (Å²) in [5.41, 5.74) is 3.14. The molecule has 1 saturated heterocycles. The lowest BCUT2D eigenvalue weighted by molar-refractivity contribution is 0.0582. The van der Waals surface area contributed by atoms with Gasteiger partial charge in [-0.3, -0.25) is 0 Å². The molecule has 0 unspecified atom stereocenters. The second kappa shape index (κ2) is 8.39. The fourth-order valence-electron chi connectivity index (χ4n) is 3.83. The summed E-state index contributed by atoms with van der Waals surface area (Å²) in [5, 5.41) is 4.50. The van der Waals surface area contributed by atoms with Crippen LogP contribution in [-0.4, -0.2) is 68.7 Å². The lowest BCUT2D eigenvalue weighted by Crippen LogP contribution is -2.37. The number of anilines is 1. The molecule has 0 N–H and O–H groups in total. The number of morpholine rings is 1. The van der Waals surface area contributed by atoms with Crippen molar-refractivity contribution in [2.75, 3.05) is 38.3 Å². The third-order valence-corrected chi connectivity index (χ3v) is 5.45. The highest BCUT2D eigenvalue weighted by Gasteiger charge is 2.26. The van der Waals surface area contributed by atoms with Gasteiger partial charge in [0.15, 0.2) is 17.0 Å². The zero-order valence-electron chi connectivity index (χ0n) is 17.9. The van der Waals surface area contributed by atoms with Gasteiger partial charge in [-0.05, 0) is 12.5 Å². The average molecular weight is 433 g/mol. The zero-order valence-corrected chi connectivity index (χ0v) is 17.9. The number of aryl methyl sites for hydroxylation is 1. The molecule has 0 bridgehead atoms. The summed E-state index contributed by atoms with van der Waals surface area (Å²) in [6.07, 6.45) is 3.68. The van der Waals surface area contributed by atoms with E-state index in [0.717, 1.165) is 11.1 Å². The Bertz CT molecular complexity index is 1260. The average Bonchev–Trinajstić information content (AvgIpc) is 3.49. The maximum atomic E-state index is 12.4. The zero-order chi connectivity index (χ0) is 22.1. The molecule has 1 aliphatic rings. The van der Waals surface area contributed by atoms with Gasteiger partial charge in [0.2, 0.25) is 5.82 Å². The van der Waals surface area contributed by atoms with Gasteiger partial charge in [-0.25, -0.2) is 14.5 Å². The van der Waals surface area contributed by atoms with Crippen LogP contribution in [0.4, 0.5) is 5.82 Å². The summed E-state index contributed by atoms with van der Waals surface area (Å²) in [6, 6.07) is 10.0. The van der Waals surface area contributed by atoms with E-state index in [4.69, 9.17) is 19.4 Å². The lowest BCUT2D eigenvalue weighted by Gasteiger charge is -2.28. The monoisotopic (exact) mass is 433 g/mol. The smallest absolute Gasteiger partial charge is 0.374 e. The number of hydrogen-bond acceptors (Lipinski definition) is 8. The van der Waals surface area contributed by atoms with Crippen LogP contribution in [0.2, 0.25) is 0 Å². The van der Waals surface area contributed by atoms with E-state index >= 15 is 0 Å². The number of benzene rings is 1. The van der Waals surface area contributed by atoms with Crippen molar-refractivity contribution in [2.24, 2.45) is 0 Å². The third-order valence-electron chi connectivity index (χ3n) is 5.45. The molecule has 164 valence electrons. The van der Waals surface area contributed by atoms with Gasteiger partial charge in [0.05, 0.1) is 26.5 Å². The number of carbonyl (C=O) groups is 1. The molecular formula is C22H23N7O3. The molecule has 1 aliphatic heterocycles. The van der Waals surface area contributed by atoms with E-state index in [-0.39, 0.29) is 5.82 Å². The maximum Gasteiger partial charge on any atom is 0.374 e. The molecule has 1 aromatic carbocycles. The number of methoxy groups -OCH3 is 1. The summed E-state index contributed by atoms with van der Waals surface area (Å²) in [4.78, 5) is 28.6. The molecule has 0 radical (unpaired) electrons. The molecule has 32 heavy (non-hydrogen) atoms. The summed E-state index contributed by atoms with van der Waals surface area (Å²) in [5.74, 6) is 0.760. The highest BCUT2D eigenvalue weighted by molar-refractivity contribution is 5.93. The lowest BCUT2D eigenvalue weighted by atomic mass is 10.1. The summed E-state index contributed by atoms with van der Waals surface area (Å²) in [7, 11) is 1.34. The van der Waals surface area contributed by atoms with Gasteiger partial charge >= 0.3 is 5.97 Å². The number of ether oxygens (including phenoxy) is 2. The fraction of sp³-hybridized carbons (Fsp3) is 0.318. The number of aromatic nitrogens is 6. The first kappa shape index (κ1) is 20.1. The van der Waals surface area contributed by atoms with Gasteiger partial charge in [0.1, 0.15) is 0 Å². The first-order valence-corrected chi connectivity index (χ1v) is 10.5. The van der Waals surface area contributed by atoms with Crippen molar-refractivity contribution in [1.82, 2.24) is 29.3 Å². The Morgan fingerprint density at radius 1 is 1.09 bits per heavy atom. The minimum atomic E-state index is -0.509. The highest BCUT2D eigenvalue weighted by Crippen LogP contribution is 2.27. The number of imidazole rings is 1. The van der Waals surface area contributed by atoms with E-state index in [1.165, 1.54) is 7.11 Å². The Labute approximate surface area is 184 Å². The van der Waals surface area contributed by atoms with E-state index in [9.17, 15) is 4.79 Å². The minimum absolute atomic E-state index is 0.205. The molecule has 0 amide bonds. The van der Waals surface area contributed by atoms with E-state index in [0.29, 0.717) is 55.8 Å². The topological polar surface area (TPSA) is 100 Å². The van der Waals surface area contributed by atoms with Crippen LogP contribution in [-0.2, 0) is 16.0 Å². The summed E-state index contributed by atoms with van der Waals surface area (Å²) >= 11 is 0. The number of esters is 1. The van der Waals surface area contributed by atoms with Gasteiger partial charge in [-0.2, -0.15) is 15.1 Å². The van der Waals surface area contributed by atoms with E-state index in [1.54, 1.807) is 15.4 Å². The molecule has 10 heteroatoms. The van der Waals surface area contributed by atoms with Crippen molar-refractivity contribution in [2.45, 2.75) is 13.5 Å². The van der Waals surface area contributed by atoms with Crippen LogP contribution >= 0.6 is 0 Å². The highest BCUT2D eigenvalue weighted by atomic mass is 16.5. The largest absolute Gasteiger partial charge is 0.463 e. The van der Waals surface area contributed by atoms with Crippen molar-refractivity contribution in [3.05, 3.63) is 48.5 Å². The van der Waals surface area contributed by atoms with Crippen LogP contribution in [0, 0.1) is 0 Å². The Morgan fingerprint density at radius 3 is 2.59 bits per heavy atom. The maximum absolute atomic E-state index is 12.4. The predicted octanol–water partition coefficient (Wildman–Crippen LogP) is 2.32. The number of carbonyl (C=O) groups excluding carboxylic acids is 1. The van der Waals surface area contributed by atoms with Gasteiger partial charge in [0, 0.05) is 31.4 Å². The van der Waals surface area contributed by atoms with Crippen molar-refractivity contribution in [3.8, 4) is 17.1 Å². The molecule has 0 atom stereocenters. The molecule has 1 fully saturated rings. The van der Waals surface area contributed by atoms with E-state index in [2.05, 4.69) is 15.0 Å². The van der Waals surface area contributed by atoms with Gasteiger partial charge in [0.25, 0.3) is 5.95 Å². The summed E-state index contributed by atoms with van der Waals surface area (Å²) < 4.78 is 13.8. The molecule has 4 heterocycles. The number of rotatable bonds is 5. The van der Waals surface area contributed by atoms with Crippen LogP contribution in [0.3, 0.4) is 0 Å². The molecule has 10 nitrogen and oxygen atoms in total. The second-order valence-electron chi connectivity index (χ2n) is 7.33. The van der Waals surface area contributed by atoms with Crippen LogP contribution in [0.1, 0.15) is 17.5 Å². The van der Waals surface area contributed by atoms with E-state index < -0.39 is 5.97 Å². The SMILES string of the molecule is CCn1c(C(=O)OC)nc2c(N3CCOCC3)nc(-n3cc(-c4ccccc4)cn3)nc21. The standard InChI is InChI=1S/C22H23N7O3/c1-3-28-19-17(24-20(28)21(30)31-2)18(27-9-11-32-12-10-27)25-22(26-19)29-14-16(13-23-29)15-7-5-4-6-8-15/h4-8,13-14H,3,9-12H2,1-2H3. The Balaban J connectivity index is 1.68. The van der Waals surface area contributed by atoms with Crippen molar-refractivity contribution >= 4 is 23.0 Å². The van der Waals surface area contributed by atoms with Crippen molar-refractivity contribution < 1.29 is 14.3 Å². The molecule has 0 aliphatic carbocycles. The summed E-state index contributed by atoms with van der Waals surface area (Å²) in [6.45, 7) is 4.98. The first-order chi connectivity index (χ1) is 15.7. The Hall–Kier alpha value is -3.79. The number of hydrogen-bond donors (Lipinski definition) is 0. The molecule has 5 rings (SSSR count). The van der Waals surface area contributed by atoms with Gasteiger partial charge in [-0.1, -0.05) is 30.3 Å². The van der Waals surface area contributed by atoms with Gasteiger partial charge in [-0.15, -0.1) is 0 Å². The quantitative estimate of drug-likeness (QED) is 0.442. The predicted molar refractivity (Wildman–Crippen MR) is 118 cm³/mol.